The van der Waals surface area contributed by atoms with Gasteiger partial charge in [-0.25, -0.2) is 0 Å². The molecule has 26 heavy (non-hydrogen) atoms. The van der Waals surface area contributed by atoms with Gasteiger partial charge in [0.15, 0.2) is 0 Å². The van der Waals surface area contributed by atoms with E-state index in [0.717, 1.165) is 64.2 Å². The highest BCUT2D eigenvalue weighted by Gasteiger charge is 2.33. The summed E-state index contributed by atoms with van der Waals surface area (Å²) in [6.07, 6.45) is 10.1. The maximum Gasteiger partial charge on any atom is 0.303 e. The lowest BCUT2D eigenvalue weighted by Crippen LogP contribution is -2.18. The number of carboxylic acid groups (broad SMARTS) is 1. The number of aliphatic hydroxyl groups excluding tert-OH is 1. The highest BCUT2D eigenvalue weighted by atomic mass is 16.4. The summed E-state index contributed by atoms with van der Waals surface area (Å²) in [5, 5.41) is 18.9. The molecule has 1 fully saturated rings. The molecule has 1 aliphatic carbocycles. The molecule has 0 aromatic rings. The Hall–Kier alpha value is -0.900. The second kappa shape index (κ2) is 12.5. The van der Waals surface area contributed by atoms with Crippen molar-refractivity contribution in [3.8, 4) is 0 Å². The molecule has 0 heterocycles. The first kappa shape index (κ1) is 23.1. The minimum atomic E-state index is -0.725. The summed E-state index contributed by atoms with van der Waals surface area (Å²) in [7, 11) is 0. The average Bonchev–Trinajstić information content (AvgIpc) is 2.93. The Morgan fingerprint density at radius 3 is 2.38 bits per heavy atom. The van der Waals surface area contributed by atoms with Crippen molar-refractivity contribution in [2.75, 3.05) is 0 Å². The molecule has 0 bridgehead atoms. The summed E-state index contributed by atoms with van der Waals surface area (Å²) in [5.74, 6) is 1.61. The molecule has 4 atom stereocenters. The highest BCUT2D eigenvalue weighted by molar-refractivity contribution is 5.83. The number of carbonyl (C=O) groups is 2. The number of ketones is 1. The molecule has 2 N–H and O–H groups in total. The van der Waals surface area contributed by atoms with Gasteiger partial charge in [-0.05, 0) is 62.7 Å². The Morgan fingerprint density at radius 2 is 1.73 bits per heavy atom. The van der Waals surface area contributed by atoms with E-state index in [-0.39, 0.29) is 18.4 Å². The van der Waals surface area contributed by atoms with E-state index in [1.807, 2.05) is 0 Å². The van der Waals surface area contributed by atoms with Crippen molar-refractivity contribution in [1.29, 1.82) is 0 Å². The number of unbranched alkanes of at least 4 members (excludes halogenated alkanes) is 3. The molecule has 1 saturated carbocycles. The van der Waals surface area contributed by atoms with Crippen LogP contribution in [0.4, 0.5) is 0 Å². The van der Waals surface area contributed by atoms with E-state index in [0.29, 0.717) is 30.0 Å². The Labute approximate surface area is 159 Å². The molecule has 0 aromatic heterocycles. The van der Waals surface area contributed by atoms with Gasteiger partial charge in [0.05, 0.1) is 6.10 Å². The van der Waals surface area contributed by atoms with Gasteiger partial charge in [-0.1, -0.05) is 40.0 Å². The minimum Gasteiger partial charge on any atom is -0.481 e. The van der Waals surface area contributed by atoms with Gasteiger partial charge in [-0.15, -0.1) is 0 Å². The second-order valence-electron chi connectivity index (χ2n) is 8.75. The Kier molecular flexibility index (Phi) is 11.1. The zero-order chi connectivity index (χ0) is 19.5. The fraction of sp³-hybridized carbons (Fsp3) is 0.909. The number of rotatable bonds is 14. The first-order valence-electron chi connectivity index (χ1n) is 10.7. The first-order chi connectivity index (χ1) is 12.3. The molecule has 0 aliphatic heterocycles. The molecule has 2 unspecified atom stereocenters. The van der Waals surface area contributed by atoms with Gasteiger partial charge in [0.2, 0.25) is 0 Å². The molecule has 152 valence electrons. The van der Waals surface area contributed by atoms with Crippen LogP contribution >= 0.6 is 0 Å². The summed E-state index contributed by atoms with van der Waals surface area (Å²) in [5.41, 5.74) is 0. The van der Waals surface area contributed by atoms with Crippen molar-refractivity contribution >= 4 is 11.8 Å². The normalized spacial score (nSPS) is 22.7. The SMILES string of the molecule is CC(C)C(C)CCC(O)CC[C@H]1CCC(=O)[C@@H]1CCCCCCC(=O)O. The topological polar surface area (TPSA) is 74.6 Å². The van der Waals surface area contributed by atoms with Crippen LogP contribution in [0.25, 0.3) is 0 Å². The smallest absolute Gasteiger partial charge is 0.303 e. The predicted molar refractivity (Wildman–Crippen MR) is 105 cm³/mol. The maximum absolute atomic E-state index is 12.2. The molecule has 1 rings (SSSR count). The highest BCUT2D eigenvalue weighted by Crippen LogP contribution is 2.36. The maximum atomic E-state index is 12.2. The van der Waals surface area contributed by atoms with Crippen LogP contribution in [0.3, 0.4) is 0 Å². The third-order valence-corrected chi connectivity index (χ3v) is 6.36. The minimum absolute atomic E-state index is 0.177. The van der Waals surface area contributed by atoms with E-state index < -0.39 is 5.97 Å². The van der Waals surface area contributed by atoms with Crippen LogP contribution in [0, 0.1) is 23.7 Å². The fourth-order valence-corrected chi connectivity index (χ4v) is 4.05. The van der Waals surface area contributed by atoms with Crippen molar-refractivity contribution < 1.29 is 19.8 Å². The fourth-order valence-electron chi connectivity index (χ4n) is 4.05. The molecule has 0 radical (unpaired) electrons. The van der Waals surface area contributed by atoms with Crippen LogP contribution in [0.5, 0.6) is 0 Å². The zero-order valence-corrected chi connectivity index (χ0v) is 17.1. The van der Waals surface area contributed by atoms with Crippen LogP contribution < -0.4 is 0 Å². The van der Waals surface area contributed by atoms with Crippen molar-refractivity contribution in [2.24, 2.45) is 23.7 Å². The average molecular weight is 369 g/mol. The molecule has 1 aliphatic rings. The molecule has 0 spiro atoms. The van der Waals surface area contributed by atoms with Crippen molar-refractivity contribution in [2.45, 2.75) is 104 Å². The monoisotopic (exact) mass is 368 g/mol. The third-order valence-electron chi connectivity index (χ3n) is 6.36. The zero-order valence-electron chi connectivity index (χ0n) is 17.1. The Balaban J connectivity index is 2.23. The number of Topliss-reactive ketones (excluding diaryl/α,β-unsaturated/α-hetero) is 1. The number of hydrogen-bond acceptors (Lipinski definition) is 3. The summed E-state index contributed by atoms with van der Waals surface area (Å²) in [6.45, 7) is 6.71. The van der Waals surface area contributed by atoms with Gasteiger partial charge in [0.1, 0.15) is 5.78 Å². The van der Waals surface area contributed by atoms with Crippen LogP contribution in [0.1, 0.15) is 97.8 Å². The van der Waals surface area contributed by atoms with E-state index in [1.165, 1.54) is 0 Å². The van der Waals surface area contributed by atoms with Crippen LogP contribution in [-0.2, 0) is 9.59 Å². The van der Waals surface area contributed by atoms with Gasteiger partial charge < -0.3 is 10.2 Å². The van der Waals surface area contributed by atoms with Crippen LogP contribution in [0.2, 0.25) is 0 Å². The van der Waals surface area contributed by atoms with Gasteiger partial charge in [0, 0.05) is 18.8 Å². The van der Waals surface area contributed by atoms with Crippen molar-refractivity contribution in [1.82, 2.24) is 0 Å². The predicted octanol–water partition coefficient (Wildman–Crippen LogP) is 5.22. The van der Waals surface area contributed by atoms with Crippen molar-refractivity contribution in [3.63, 3.8) is 0 Å². The summed E-state index contributed by atoms with van der Waals surface area (Å²) in [4.78, 5) is 22.7. The van der Waals surface area contributed by atoms with E-state index in [9.17, 15) is 14.7 Å². The Bertz CT molecular complexity index is 418. The number of hydrogen-bond donors (Lipinski definition) is 2. The molecule has 0 saturated heterocycles. The van der Waals surface area contributed by atoms with Crippen molar-refractivity contribution in [3.05, 3.63) is 0 Å². The second-order valence-corrected chi connectivity index (χ2v) is 8.75. The van der Waals surface area contributed by atoms with Crippen LogP contribution in [0.15, 0.2) is 0 Å². The Morgan fingerprint density at radius 1 is 1.04 bits per heavy atom. The quantitative estimate of drug-likeness (QED) is 0.412. The first-order valence-corrected chi connectivity index (χ1v) is 10.7. The molecule has 0 aromatic carbocycles. The largest absolute Gasteiger partial charge is 0.481 e. The number of carboxylic acids is 1. The lowest BCUT2D eigenvalue weighted by Gasteiger charge is -2.21. The van der Waals surface area contributed by atoms with Crippen LogP contribution in [-0.4, -0.2) is 28.1 Å². The third kappa shape index (κ3) is 9.16. The molecular formula is C22H40O4. The van der Waals surface area contributed by atoms with Gasteiger partial charge >= 0.3 is 5.97 Å². The lowest BCUT2D eigenvalue weighted by atomic mass is 9.85. The standard InChI is InChI=1S/C22H40O4/c1-16(2)17(3)10-13-19(23)14-11-18-12-15-21(24)20(18)8-6-4-5-7-9-22(25)26/h16-20,23H,4-15H2,1-3H3,(H,25,26)/t17?,18-,19?,20+/m0/s1. The summed E-state index contributed by atoms with van der Waals surface area (Å²) in [6, 6.07) is 0. The molecule has 4 heteroatoms. The number of carbonyl (C=O) groups excluding carboxylic acids is 1. The summed E-state index contributed by atoms with van der Waals surface area (Å²) < 4.78 is 0. The lowest BCUT2D eigenvalue weighted by molar-refractivity contribution is -0.137. The van der Waals surface area contributed by atoms with Gasteiger partial charge in [-0.3, -0.25) is 9.59 Å². The summed E-state index contributed by atoms with van der Waals surface area (Å²) >= 11 is 0. The molecule has 4 nitrogen and oxygen atoms in total. The van der Waals surface area contributed by atoms with E-state index in [2.05, 4.69) is 20.8 Å². The van der Waals surface area contributed by atoms with Gasteiger partial charge in [-0.2, -0.15) is 0 Å². The van der Waals surface area contributed by atoms with E-state index >= 15 is 0 Å². The van der Waals surface area contributed by atoms with Gasteiger partial charge in [0.25, 0.3) is 0 Å². The van der Waals surface area contributed by atoms with E-state index in [1.54, 1.807) is 0 Å². The molecule has 0 amide bonds. The number of aliphatic hydroxyl groups is 1. The molecular weight excluding hydrogens is 328 g/mol. The number of aliphatic carboxylic acids is 1. The van der Waals surface area contributed by atoms with E-state index in [4.69, 9.17) is 5.11 Å².